The van der Waals surface area contributed by atoms with E-state index in [0.717, 1.165) is 12.2 Å². The Balaban J connectivity index is 2.90. The number of nitrogens with zero attached hydrogens (tertiary/aromatic N) is 3. The molecule has 0 aromatic carbocycles. The van der Waals surface area contributed by atoms with Gasteiger partial charge >= 0.3 is 0 Å². The first kappa shape index (κ1) is 12.5. The Morgan fingerprint density at radius 3 is 2.40 bits per heavy atom. The molecule has 5 heteroatoms. The lowest BCUT2D eigenvalue weighted by atomic mass is 9.96. The van der Waals surface area contributed by atoms with Crippen molar-refractivity contribution in [2.45, 2.75) is 20.8 Å². The van der Waals surface area contributed by atoms with Crippen LogP contribution in [0.1, 0.15) is 20.8 Å². The second-order valence-electron chi connectivity index (χ2n) is 4.76. The predicted octanol–water partition coefficient (Wildman–Crippen LogP) is 3.27. The van der Waals surface area contributed by atoms with Crippen molar-refractivity contribution in [2.75, 3.05) is 18.5 Å². The Morgan fingerprint density at radius 1 is 1.27 bits per heavy atom. The monoisotopic (exact) mass is 247 g/mol. The van der Waals surface area contributed by atoms with E-state index in [1.165, 1.54) is 0 Å². The molecule has 0 bridgehead atoms. The van der Waals surface area contributed by atoms with Crippen molar-refractivity contribution in [3.63, 3.8) is 0 Å². The highest BCUT2D eigenvalue weighted by atomic mass is 35.5. The molecule has 0 saturated carbocycles. The molecule has 0 spiro atoms. The third-order valence-corrected chi connectivity index (χ3v) is 2.28. The fraction of sp³-hybridized carbons (Fsp3) is 0.600. The summed E-state index contributed by atoms with van der Waals surface area (Å²) in [7, 11) is 1.96. The van der Waals surface area contributed by atoms with Gasteiger partial charge in [-0.3, -0.25) is 0 Å². The highest BCUT2D eigenvalue weighted by Crippen LogP contribution is 2.27. The Bertz CT molecular complexity index is 347. The van der Waals surface area contributed by atoms with E-state index in [4.69, 9.17) is 23.2 Å². The molecule has 0 atom stereocenters. The third-order valence-electron chi connectivity index (χ3n) is 1.82. The summed E-state index contributed by atoms with van der Waals surface area (Å²) in [5.41, 5.74) is 1.000. The lowest BCUT2D eigenvalue weighted by molar-refractivity contribution is 0.419. The minimum absolute atomic E-state index is 0.188. The molecule has 0 N–H and O–H groups in total. The molecular weight excluding hydrogens is 233 g/mol. The van der Waals surface area contributed by atoms with E-state index in [-0.39, 0.29) is 5.41 Å². The molecule has 1 aromatic heterocycles. The van der Waals surface area contributed by atoms with Gasteiger partial charge in [0.2, 0.25) is 0 Å². The molecule has 3 nitrogen and oxygen atoms in total. The van der Waals surface area contributed by atoms with Gasteiger partial charge in [-0.15, -0.1) is 10.2 Å². The van der Waals surface area contributed by atoms with Crippen LogP contribution in [0, 0.1) is 5.41 Å². The zero-order chi connectivity index (χ0) is 11.6. The first-order valence-electron chi connectivity index (χ1n) is 4.69. The van der Waals surface area contributed by atoms with Gasteiger partial charge in [0.1, 0.15) is 0 Å². The molecule has 0 amide bonds. The molecule has 0 saturated heterocycles. The molecule has 0 aliphatic rings. The van der Waals surface area contributed by atoms with Gasteiger partial charge in [-0.2, -0.15) is 0 Å². The lowest BCUT2D eigenvalue weighted by Gasteiger charge is -2.28. The van der Waals surface area contributed by atoms with Gasteiger partial charge in [0.25, 0.3) is 0 Å². The quantitative estimate of drug-likeness (QED) is 0.804. The molecule has 0 radical (unpaired) electrons. The second kappa shape index (κ2) is 4.54. The van der Waals surface area contributed by atoms with Crippen molar-refractivity contribution in [3.8, 4) is 0 Å². The Kier molecular flexibility index (Phi) is 3.79. The van der Waals surface area contributed by atoms with E-state index in [9.17, 15) is 0 Å². The number of anilines is 1. The largest absolute Gasteiger partial charge is 0.371 e. The van der Waals surface area contributed by atoms with Crippen LogP contribution >= 0.6 is 23.2 Å². The van der Waals surface area contributed by atoms with E-state index in [1.807, 2.05) is 11.9 Å². The lowest BCUT2D eigenvalue weighted by Crippen LogP contribution is -2.29. The summed E-state index contributed by atoms with van der Waals surface area (Å²) in [5, 5.41) is 8.18. The topological polar surface area (TPSA) is 29.0 Å². The second-order valence-corrected chi connectivity index (χ2v) is 5.51. The van der Waals surface area contributed by atoms with Crippen molar-refractivity contribution in [1.29, 1.82) is 0 Å². The predicted molar refractivity (Wildman–Crippen MR) is 64.8 cm³/mol. The molecule has 84 valence electrons. The molecule has 0 aliphatic heterocycles. The Labute approximate surface area is 100 Å². The van der Waals surface area contributed by atoms with E-state index in [1.54, 1.807) is 6.07 Å². The van der Waals surface area contributed by atoms with Crippen LogP contribution in [0.2, 0.25) is 10.3 Å². The molecule has 15 heavy (non-hydrogen) atoms. The van der Waals surface area contributed by atoms with Crippen molar-refractivity contribution in [2.24, 2.45) is 5.41 Å². The van der Waals surface area contributed by atoms with E-state index >= 15 is 0 Å². The molecule has 1 aromatic rings. The minimum Gasteiger partial charge on any atom is -0.371 e. The van der Waals surface area contributed by atoms with E-state index in [2.05, 4.69) is 31.0 Å². The van der Waals surface area contributed by atoms with Crippen molar-refractivity contribution >= 4 is 28.9 Å². The zero-order valence-corrected chi connectivity index (χ0v) is 10.9. The fourth-order valence-electron chi connectivity index (χ4n) is 1.41. The van der Waals surface area contributed by atoms with Gasteiger partial charge in [-0.05, 0) is 5.41 Å². The van der Waals surface area contributed by atoms with E-state index < -0.39 is 0 Å². The average Bonchev–Trinajstić information content (AvgIpc) is 2.06. The Hall–Kier alpha value is -0.540. The summed E-state index contributed by atoms with van der Waals surface area (Å²) < 4.78 is 0. The van der Waals surface area contributed by atoms with Crippen LogP contribution in [0.25, 0.3) is 0 Å². The van der Waals surface area contributed by atoms with Crippen molar-refractivity contribution in [1.82, 2.24) is 10.2 Å². The normalized spacial score (nSPS) is 11.6. The molecule has 0 fully saturated rings. The SMILES string of the molecule is CN(CC(C)(C)C)c1cc(Cl)nnc1Cl. The van der Waals surface area contributed by atoms with Gasteiger partial charge in [-0.25, -0.2) is 0 Å². The maximum Gasteiger partial charge on any atom is 0.175 e. The summed E-state index contributed by atoms with van der Waals surface area (Å²) in [5.74, 6) is 0. The molecule has 0 unspecified atom stereocenters. The highest BCUT2D eigenvalue weighted by Gasteiger charge is 2.16. The molecule has 0 aliphatic carbocycles. The maximum atomic E-state index is 5.95. The molecular formula is C10H15Cl2N3. The van der Waals surface area contributed by atoms with E-state index in [0.29, 0.717) is 10.3 Å². The first-order chi connectivity index (χ1) is 6.79. The summed E-state index contributed by atoms with van der Waals surface area (Å²) in [4.78, 5) is 2.03. The molecule has 1 rings (SSSR count). The number of aromatic nitrogens is 2. The summed E-state index contributed by atoms with van der Waals surface area (Å²) in [6.07, 6.45) is 0. The van der Waals surface area contributed by atoms with Crippen molar-refractivity contribution < 1.29 is 0 Å². The average molecular weight is 248 g/mol. The van der Waals surface area contributed by atoms with Crippen LogP contribution in [-0.4, -0.2) is 23.8 Å². The van der Waals surface area contributed by atoms with Crippen LogP contribution in [0.3, 0.4) is 0 Å². The van der Waals surface area contributed by atoms with Crippen LogP contribution < -0.4 is 4.90 Å². The highest BCUT2D eigenvalue weighted by molar-refractivity contribution is 6.33. The van der Waals surface area contributed by atoms with Gasteiger partial charge < -0.3 is 4.90 Å². The van der Waals surface area contributed by atoms with Crippen LogP contribution in [-0.2, 0) is 0 Å². The number of hydrogen-bond acceptors (Lipinski definition) is 3. The third kappa shape index (κ3) is 3.84. The number of halogens is 2. The van der Waals surface area contributed by atoms with Crippen LogP contribution in [0.5, 0.6) is 0 Å². The van der Waals surface area contributed by atoms with Gasteiger partial charge in [-0.1, -0.05) is 44.0 Å². The summed E-state index contributed by atoms with van der Waals surface area (Å²) in [6.45, 7) is 7.35. The standard InChI is InChI=1S/C10H15Cl2N3/c1-10(2,3)6-15(4)7-5-8(11)13-14-9(7)12/h5H,6H2,1-4H3. The minimum atomic E-state index is 0.188. The van der Waals surface area contributed by atoms with Gasteiger partial charge in [0, 0.05) is 19.7 Å². The van der Waals surface area contributed by atoms with Crippen molar-refractivity contribution in [3.05, 3.63) is 16.4 Å². The number of hydrogen-bond donors (Lipinski definition) is 0. The maximum absolute atomic E-state index is 5.95. The van der Waals surface area contributed by atoms with Crippen LogP contribution in [0.15, 0.2) is 6.07 Å². The summed E-state index contributed by atoms with van der Waals surface area (Å²) in [6, 6.07) is 1.72. The fourth-order valence-corrected chi connectivity index (χ4v) is 1.79. The zero-order valence-electron chi connectivity index (χ0n) is 9.38. The first-order valence-corrected chi connectivity index (χ1v) is 5.45. The number of rotatable bonds is 2. The van der Waals surface area contributed by atoms with Crippen LogP contribution in [0.4, 0.5) is 5.69 Å². The van der Waals surface area contributed by atoms with Gasteiger partial charge in [0.15, 0.2) is 10.3 Å². The summed E-state index contributed by atoms with van der Waals surface area (Å²) >= 11 is 11.7. The van der Waals surface area contributed by atoms with Gasteiger partial charge in [0.05, 0.1) is 5.69 Å². The molecule has 1 heterocycles. The smallest absolute Gasteiger partial charge is 0.175 e. The Morgan fingerprint density at radius 2 is 1.87 bits per heavy atom.